The van der Waals surface area contributed by atoms with E-state index in [0.29, 0.717) is 19.0 Å². The van der Waals surface area contributed by atoms with Crippen LogP contribution in [0, 0.1) is 0 Å². The Morgan fingerprint density at radius 2 is 1.48 bits per heavy atom. The van der Waals surface area contributed by atoms with Crippen molar-refractivity contribution in [2.45, 2.75) is 13.3 Å². The standard InChI is InChI=1S/C24H22N2O3/c1-4-13-25-17-11-7-6-10-16(17)20-22(25)21-19(23(27)24(20)29-3)15-9-5-8-12-18(15)26(21)14-28-2/h4-12,27H,1,13-14H2,2-3H3. The number of nitrogens with zero attached hydrogens (tertiary/aromatic N) is 2. The molecule has 5 aromatic rings. The van der Waals surface area contributed by atoms with Gasteiger partial charge in [0.25, 0.3) is 0 Å². The molecule has 5 rings (SSSR count). The minimum absolute atomic E-state index is 0.155. The third kappa shape index (κ3) is 2.25. The molecule has 0 saturated carbocycles. The number of phenolic OH excluding ortho intramolecular Hbond substituents is 1. The summed E-state index contributed by atoms with van der Waals surface area (Å²) in [7, 11) is 3.29. The number of aromatic hydroxyl groups is 1. The van der Waals surface area contributed by atoms with Crippen molar-refractivity contribution in [3.05, 3.63) is 61.2 Å². The van der Waals surface area contributed by atoms with E-state index in [1.165, 1.54) is 0 Å². The summed E-state index contributed by atoms with van der Waals surface area (Å²) in [6.45, 7) is 4.97. The van der Waals surface area contributed by atoms with E-state index in [0.717, 1.165) is 43.6 Å². The van der Waals surface area contributed by atoms with E-state index in [2.05, 4.69) is 27.8 Å². The van der Waals surface area contributed by atoms with Crippen molar-refractivity contribution < 1.29 is 14.6 Å². The van der Waals surface area contributed by atoms with Crippen molar-refractivity contribution in [2.75, 3.05) is 14.2 Å². The molecular weight excluding hydrogens is 364 g/mol. The molecule has 5 heteroatoms. The van der Waals surface area contributed by atoms with Crippen LogP contribution in [0.2, 0.25) is 0 Å². The summed E-state index contributed by atoms with van der Waals surface area (Å²) in [4.78, 5) is 0. The molecule has 0 spiro atoms. The van der Waals surface area contributed by atoms with Crippen LogP contribution in [0.25, 0.3) is 43.6 Å². The van der Waals surface area contributed by atoms with Gasteiger partial charge < -0.3 is 23.7 Å². The Hall–Kier alpha value is -3.44. The number of benzene rings is 3. The summed E-state index contributed by atoms with van der Waals surface area (Å²) in [5.74, 6) is 0.648. The SMILES string of the molecule is C=CCn1c2ccccc2c2c(OC)c(O)c3c4ccccc4n(COC)c3c21. The fourth-order valence-corrected chi connectivity index (χ4v) is 4.58. The molecule has 0 atom stereocenters. The molecule has 2 heterocycles. The zero-order chi connectivity index (χ0) is 20.1. The van der Waals surface area contributed by atoms with Crippen molar-refractivity contribution in [1.82, 2.24) is 9.13 Å². The van der Waals surface area contributed by atoms with E-state index >= 15 is 0 Å². The number of fused-ring (bicyclic) bond motifs is 7. The van der Waals surface area contributed by atoms with Gasteiger partial charge in [0.15, 0.2) is 11.5 Å². The molecule has 0 saturated heterocycles. The number of allylic oxidation sites excluding steroid dienone is 1. The Kier molecular flexibility index (Phi) is 4.00. The normalized spacial score (nSPS) is 11.8. The van der Waals surface area contributed by atoms with E-state index in [4.69, 9.17) is 9.47 Å². The van der Waals surface area contributed by atoms with Crippen LogP contribution in [0.5, 0.6) is 11.5 Å². The second kappa shape index (κ2) is 6.57. The third-order valence-corrected chi connectivity index (χ3v) is 5.62. The molecular formula is C24H22N2O3. The lowest BCUT2D eigenvalue weighted by Crippen LogP contribution is -2.02. The van der Waals surface area contributed by atoms with Gasteiger partial charge in [-0.25, -0.2) is 0 Å². The maximum Gasteiger partial charge on any atom is 0.171 e. The van der Waals surface area contributed by atoms with E-state index in [9.17, 15) is 5.11 Å². The first-order valence-corrected chi connectivity index (χ1v) is 9.53. The highest BCUT2D eigenvalue weighted by Gasteiger charge is 2.26. The summed E-state index contributed by atoms with van der Waals surface area (Å²) in [6, 6.07) is 16.2. The van der Waals surface area contributed by atoms with Crippen molar-refractivity contribution in [1.29, 1.82) is 0 Å². The molecule has 0 amide bonds. The van der Waals surface area contributed by atoms with Crippen LogP contribution in [0.15, 0.2) is 61.2 Å². The largest absolute Gasteiger partial charge is 0.504 e. The first-order valence-electron chi connectivity index (χ1n) is 9.53. The predicted molar refractivity (Wildman–Crippen MR) is 118 cm³/mol. The van der Waals surface area contributed by atoms with Crippen molar-refractivity contribution in [2.24, 2.45) is 0 Å². The molecule has 5 nitrogen and oxygen atoms in total. The van der Waals surface area contributed by atoms with Crippen LogP contribution in [-0.2, 0) is 18.0 Å². The first kappa shape index (κ1) is 17.6. The van der Waals surface area contributed by atoms with Gasteiger partial charge in [0.05, 0.1) is 34.4 Å². The Balaban J connectivity index is 2.19. The smallest absolute Gasteiger partial charge is 0.171 e. The fraction of sp³-hybridized carbons (Fsp3) is 0.167. The van der Waals surface area contributed by atoms with Crippen molar-refractivity contribution >= 4 is 43.6 Å². The molecule has 29 heavy (non-hydrogen) atoms. The number of para-hydroxylation sites is 2. The number of methoxy groups -OCH3 is 2. The molecule has 0 fully saturated rings. The molecule has 3 aromatic carbocycles. The van der Waals surface area contributed by atoms with E-state index in [1.54, 1.807) is 14.2 Å². The minimum atomic E-state index is 0.155. The lowest BCUT2D eigenvalue weighted by Gasteiger charge is -2.13. The second-order valence-electron chi connectivity index (χ2n) is 7.11. The van der Waals surface area contributed by atoms with Crippen LogP contribution in [0.3, 0.4) is 0 Å². The second-order valence-corrected chi connectivity index (χ2v) is 7.11. The van der Waals surface area contributed by atoms with E-state index in [1.807, 2.05) is 42.5 Å². The average molecular weight is 386 g/mol. The monoisotopic (exact) mass is 386 g/mol. The quantitative estimate of drug-likeness (QED) is 0.411. The summed E-state index contributed by atoms with van der Waals surface area (Å²) >= 11 is 0. The van der Waals surface area contributed by atoms with Gasteiger partial charge in [-0.05, 0) is 12.1 Å². The Morgan fingerprint density at radius 3 is 2.10 bits per heavy atom. The molecule has 0 bridgehead atoms. The highest BCUT2D eigenvalue weighted by atomic mass is 16.5. The maximum atomic E-state index is 11.3. The number of rotatable bonds is 5. The molecule has 0 aliphatic carbocycles. The Bertz CT molecular complexity index is 1410. The number of hydrogen-bond acceptors (Lipinski definition) is 3. The Labute approximate surface area is 168 Å². The average Bonchev–Trinajstić information content (AvgIpc) is 3.24. The van der Waals surface area contributed by atoms with Gasteiger partial charge in [0.1, 0.15) is 6.73 Å². The van der Waals surface area contributed by atoms with Crippen LogP contribution >= 0.6 is 0 Å². The van der Waals surface area contributed by atoms with Gasteiger partial charge in [-0.1, -0.05) is 42.5 Å². The zero-order valence-corrected chi connectivity index (χ0v) is 16.5. The Morgan fingerprint density at radius 1 is 0.897 bits per heavy atom. The van der Waals surface area contributed by atoms with Gasteiger partial charge in [0.2, 0.25) is 0 Å². The lowest BCUT2D eigenvalue weighted by atomic mass is 10.1. The molecule has 146 valence electrons. The van der Waals surface area contributed by atoms with Gasteiger partial charge >= 0.3 is 0 Å². The fourth-order valence-electron chi connectivity index (χ4n) is 4.58. The number of aromatic nitrogens is 2. The summed E-state index contributed by atoms with van der Waals surface area (Å²) in [5, 5.41) is 15.0. The summed E-state index contributed by atoms with van der Waals surface area (Å²) in [5.41, 5.74) is 4.01. The maximum absolute atomic E-state index is 11.3. The molecule has 0 aliphatic heterocycles. The minimum Gasteiger partial charge on any atom is -0.504 e. The van der Waals surface area contributed by atoms with Crippen LogP contribution < -0.4 is 4.74 Å². The molecule has 0 unspecified atom stereocenters. The lowest BCUT2D eigenvalue weighted by molar-refractivity contribution is 0.138. The van der Waals surface area contributed by atoms with Gasteiger partial charge in [-0.15, -0.1) is 6.58 Å². The molecule has 0 aliphatic rings. The van der Waals surface area contributed by atoms with Crippen LogP contribution in [0.4, 0.5) is 0 Å². The number of hydrogen-bond donors (Lipinski definition) is 1. The highest BCUT2D eigenvalue weighted by Crippen LogP contribution is 2.50. The molecule has 2 aromatic heterocycles. The van der Waals surface area contributed by atoms with Crippen LogP contribution in [-0.4, -0.2) is 28.5 Å². The van der Waals surface area contributed by atoms with Crippen LogP contribution in [0.1, 0.15) is 0 Å². The first-order chi connectivity index (χ1) is 14.2. The van der Waals surface area contributed by atoms with E-state index in [-0.39, 0.29) is 5.75 Å². The van der Waals surface area contributed by atoms with Crippen molar-refractivity contribution in [3.63, 3.8) is 0 Å². The predicted octanol–water partition coefficient (Wildman–Crippen LogP) is 5.41. The van der Waals surface area contributed by atoms with Gasteiger partial charge in [-0.3, -0.25) is 0 Å². The van der Waals surface area contributed by atoms with Gasteiger partial charge in [0, 0.05) is 29.9 Å². The highest BCUT2D eigenvalue weighted by molar-refractivity contribution is 6.27. The van der Waals surface area contributed by atoms with E-state index < -0.39 is 0 Å². The van der Waals surface area contributed by atoms with Gasteiger partial charge in [-0.2, -0.15) is 0 Å². The molecule has 0 radical (unpaired) electrons. The topological polar surface area (TPSA) is 48.5 Å². The summed E-state index contributed by atoms with van der Waals surface area (Å²) < 4.78 is 15.6. The number of phenols is 1. The zero-order valence-electron chi connectivity index (χ0n) is 16.5. The van der Waals surface area contributed by atoms with Crippen molar-refractivity contribution in [3.8, 4) is 11.5 Å². The third-order valence-electron chi connectivity index (χ3n) is 5.62. The number of ether oxygens (including phenoxy) is 2. The molecule has 1 N–H and O–H groups in total. The summed E-state index contributed by atoms with van der Waals surface area (Å²) in [6.07, 6.45) is 1.89.